The molecule has 0 aliphatic heterocycles. The second-order valence-corrected chi connectivity index (χ2v) is 5.43. The van der Waals surface area contributed by atoms with Gasteiger partial charge in [0.1, 0.15) is 5.60 Å². The van der Waals surface area contributed by atoms with Crippen molar-refractivity contribution in [1.29, 1.82) is 0 Å². The molecule has 1 saturated carbocycles. The van der Waals surface area contributed by atoms with Crippen LogP contribution in [0.4, 0.5) is 0 Å². The zero-order valence-electron chi connectivity index (χ0n) is 10.7. The van der Waals surface area contributed by atoms with Crippen LogP contribution in [-0.4, -0.2) is 42.1 Å². The standard InChI is InChI=1S/C12H24N2O2/c1-12(2,3)16-11(15)9-14(8-4-7-13)10-5-6-10/h10H,4-9,13H2,1-3H3. The number of hydrogen-bond acceptors (Lipinski definition) is 4. The fourth-order valence-electron chi connectivity index (χ4n) is 1.66. The van der Waals surface area contributed by atoms with Crippen LogP contribution in [0.1, 0.15) is 40.0 Å². The fraction of sp³-hybridized carbons (Fsp3) is 0.917. The lowest BCUT2D eigenvalue weighted by Crippen LogP contribution is -2.37. The van der Waals surface area contributed by atoms with Crippen molar-refractivity contribution in [3.8, 4) is 0 Å². The van der Waals surface area contributed by atoms with E-state index in [0.717, 1.165) is 13.0 Å². The Labute approximate surface area is 98.1 Å². The molecular formula is C12H24N2O2. The van der Waals surface area contributed by atoms with Crippen LogP contribution in [0.5, 0.6) is 0 Å². The van der Waals surface area contributed by atoms with Crippen LogP contribution in [0.2, 0.25) is 0 Å². The van der Waals surface area contributed by atoms with Crippen molar-refractivity contribution in [3.05, 3.63) is 0 Å². The van der Waals surface area contributed by atoms with Crippen molar-refractivity contribution in [2.24, 2.45) is 5.73 Å². The molecule has 94 valence electrons. The molecule has 2 N–H and O–H groups in total. The lowest BCUT2D eigenvalue weighted by Gasteiger charge is -2.24. The van der Waals surface area contributed by atoms with E-state index in [1.54, 1.807) is 0 Å². The minimum absolute atomic E-state index is 0.128. The first-order valence-electron chi connectivity index (χ1n) is 6.08. The Morgan fingerprint density at radius 3 is 2.50 bits per heavy atom. The summed E-state index contributed by atoms with van der Waals surface area (Å²) in [7, 11) is 0. The topological polar surface area (TPSA) is 55.6 Å². The SMILES string of the molecule is CC(C)(C)OC(=O)CN(CCCN)C1CC1. The van der Waals surface area contributed by atoms with Gasteiger partial charge in [-0.25, -0.2) is 0 Å². The maximum absolute atomic E-state index is 11.7. The largest absolute Gasteiger partial charge is 0.459 e. The smallest absolute Gasteiger partial charge is 0.320 e. The van der Waals surface area contributed by atoms with E-state index in [-0.39, 0.29) is 11.6 Å². The molecule has 1 aliphatic carbocycles. The summed E-state index contributed by atoms with van der Waals surface area (Å²) in [5.41, 5.74) is 5.10. The van der Waals surface area contributed by atoms with Crippen LogP contribution in [0, 0.1) is 0 Å². The summed E-state index contributed by atoms with van der Waals surface area (Å²) in [6.07, 6.45) is 3.35. The zero-order valence-corrected chi connectivity index (χ0v) is 10.7. The van der Waals surface area contributed by atoms with Gasteiger partial charge in [0.25, 0.3) is 0 Å². The molecule has 0 unspecified atom stereocenters. The molecule has 16 heavy (non-hydrogen) atoms. The molecule has 0 aromatic carbocycles. The monoisotopic (exact) mass is 228 g/mol. The van der Waals surface area contributed by atoms with Crippen molar-refractivity contribution in [3.63, 3.8) is 0 Å². The number of carbonyl (C=O) groups excluding carboxylic acids is 1. The summed E-state index contributed by atoms with van der Waals surface area (Å²) >= 11 is 0. The second kappa shape index (κ2) is 5.64. The van der Waals surface area contributed by atoms with E-state index in [4.69, 9.17) is 10.5 Å². The summed E-state index contributed by atoms with van der Waals surface area (Å²) < 4.78 is 5.31. The average Bonchev–Trinajstić information content (AvgIpc) is 2.91. The fourth-order valence-corrected chi connectivity index (χ4v) is 1.66. The van der Waals surface area contributed by atoms with E-state index < -0.39 is 0 Å². The van der Waals surface area contributed by atoms with Crippen LogP contribution in [0.15, 0.2) is 0 Å². The predicted octanol–water partition coefficient (Wildman–Crippen LogP) is 1.14. The molecule has 0 aromatic heterocycles. The minimum atomic E-state index is -0.389. The van der Waals surface area contributed by atoms with Gasteiger partial charge >= 0.3 is 5.97 Å². The Hall–Kier alpha value is -0.610. The maximum Gasteiger partial charge on any atom is 0.320 e. The summed E-state index contributed by atoms with van der Waals surface area (Å²) in [5.74, 6) is -0.128. The van der Waals surface area contributed by atoms with Gasteiger partial charge < -0.3 is 10.5 Å². The molecule has 1 aliphatic rings. The van der Waals surface area contributed by atoms with E-state index >= 15 is 0 Å². The summed E-state index contributed by atoms with van der Waals surface area (Å²) in [6.45, 7) is 7.67. The first kappa shape index (κ1) is 13.5. The van der Waals surface area contributed by atoms with Crippen molar-refractivity contribution >= 4 is 5.97 Å². The molecule has 0 radical (unpaired) electrons. The number of hydrogen-bond donors (Lipinski definition) is 1. The minimum Gasteiger partial charge on any atom is -0.459 e. The summed E-state index contributed by atoms with van der Waals surface area (Å²) in [5, 5.41) is 0. The highest BCUT2D eigenvalue weighted by Gasteiger charge is 2.30. The van der Waals surface area contributed by atoms with Crippen molar-refractivity contribution < 1.29 is 9.53 Å². The number of ether oxygens (including phenoxy) is 1. The van der Waals surface area contributed by atoms with Gasteiger partial charge in [-0.15, -0.1) is 0 Å². The zero-order chi connectivity index (χ0) is 12.2. The number of rotatable bonds is 6. The molecule has 1 fully saturated rings. The quantitative estimate of drug-likeness (QED) is 0.693. The molecular weight excluding hydrogens is 204 g/mol. The van der Waals surface area contributed by atoms with E-state index in [0.29, 0.717) is 19.1 Å². The third kappa shape index (κ3) is 5.47. The second-order valence-electron chi connectivity index (χ2n) is 5.43. The van der Waals surface area contributed by atoms with Crippen LogP contribution in [0.25, 0.3) is 0 Å². The Kier molecular flexibility index (Phi) is 4.74. The van der Waals surface area contributed by atoms with Crippen LogP contribution in [0.3, 0.4) is 0 Å². The van der Waals surface area contributed by atoms with Gasteiger partial charge in [0.15, 0.2) is 0 Å². The van der Waals surface area contributed by atoms with Crippen LogP contribution < -0.4 is 5.73 Å². The molecule has 4 nitrogen and oxygen atoms in total. The van der Waals surface area contributed by atoms with E-state index in [1.165, 1.54) is 12.8 Å². The summed E-state index contributed by atoms with van der Waals surface area (Å²) in [4.78, 5) is 13.9. The number of esters is 1. The lowest BCUT2D eigenvalue weighted by molar-refractivity contribution is -0.156. The van der Waals surface area contributed by atoms with Crippen LogP contribution in [-0.2, 0) is 9.53 Å². The lowest BCUT2D eigenvalue weighted by atomic mass is 10.2. The average molecular weight is 228 g/mol. The van der Waals surface area contributed by atoms with E-state index in [9.17, 15) is 4.79 Å². The molecule has 1 rings (SSSR count). The Balaban J connectivity index is 2.33. The van der Waals surface area contributed by atoms with E-state index in [1.807, 2.05) is 20.8 Å². The van der Waals surface area contributed by atoms with Crippen molar-refractivity contribution in [1.82, 2.24) is 4.90 Å². The number of nitrogens with two attached hydrogens (primary N) is 1. The Bertz CT molecular complexity index is 232. The molecule has 0 bridgehead atoms. The van der Waals surface area contributed by atoms with Gasteiger partial charge in [0, 0.05) is 12.6 Å². The highest BCUT2D eigenvalue weighted by molar-refractivity contribution is 5.72. The first-order valence-corrected chi connectivity index (χ1v) is 6.08. The first-order chi connectivity index (χ1) is 7.42. The van der Waals surface area contributed by atoms with Gasteiger partial charge in [-0.3, -0.25) is 9.69 Å². The number of nitrogens with zero attached hydrogens (tertiary/aromatic N) is 1. The van der Waals surface area contributed by atoms with Crippen molar-refractivity contribution in [2.45, 2.75) is 51.7 Å². The van der Waals surface area contributed by atoms with E-state index in [2.05, 4.69) is 4.90 Å². The molecule has 0 aromatic rings. The number of carbonyl (C=O) groups is 1. The van der Waals surface area contributed by atoms with Crippen LogP contribution >= 0.6 is 0 Å². The Morgan fingerprint density at radius 2 is 2.06 bits per heavy atom. The normalized spacial score (nSPS) is 16.6. The highest BCUT2D eigenvalue weighted by Crippen LogP contribution is 2.26. The van der Waals surface area contributed by atoms with Gasteiger partial charge in [0.2, 0.25) is 0 Å². The van der Waals surface area contributed by atoms with Gasteiger partial charge in [-0.05, 0) is 46.6 Å². The van der Waals surface area contributed by atoms with Crippen molar-refractivity contribution in [2.75, 3.05) is 19.6 Å². The highest BCUT2D eigenvalue weighted by atomic mass is 16.6. The summed E-state index contributed by atoms with van der Waals surface area (Å²) in [6, 6.07) is 0.582. The predicted molar refractivity (Wildman–Crippen MR) is 64.1 cm³/mol. The molecule has 0 heterocycles. The third-order valence-electron chi connectivity index (χ3n) is 2.46. The molecule has 4 heteroatoms. The Morgan fingerprint density at radius 1 is 1.44 bits per heavy atom. The molecule has 0 amide bonds. The molecule has 0 saturated heterocycles. The maximum atomic E-state index is 11.7. The molecule has 0 atom stereocenters. The van der Waals surface area contributed by atoms with Gasteiger partial charge in [-0.2, -0.15) is 0 Å². The third-order valence-corrected chi connectivity index (χ3v) is 2.46. The molecule has 0 spiro atoms. The van der Waals surface area contributed by atoms with Gasteiger partial charge in [0.05, 0.1) is 6.54 Å². The van der Waals surface area contributed by atoms with Gasteiger partial charge in [-0.1, -0.05) is 0 Å².